The minimum Gasteiger partial charge on any atom is -0.466 e. The van der Waals surface area contributed by atoms with Crippen LogP contribution in [0, 0.1) is 0 Å². The number of carbonyl (C=O) groups excluding carboxylic acids is 2. The molecule has 0 aliphatic carbocycles. The molecule has 0 saturated carbocycles. The predicted molar refractivity (Wildman–Crippen MR) is 347 cm³/mol. The maximum atomic E-state index is 12.4. The Bertz CT molecular complexity index is 1280. The Balaban J connectivity index is 3.28. The maximum Gasteiger partial charge on any atom is 0.305 e. The van der Waals surface area contributed by atoms with Gasteiger partial charge in [-0.1, -0.05) is 352 Å². The molecule has 466 valence electrons. The van der Waals surface area contributed by atoms with E-state index in [0.717, 1.165) is 51.4 Å². The van der Waals surface area contributed by atoms with E-state index in [4.69, 9.17) is 4.74 Å². The lowest BCUT2D eigenvalue weighted by atomic mass is 10.0. The number of ether oxygens (including phenoxy) is 1. The highest BCUT2D eigenvalue weighted by Crippen LogP contribution is 2.19. The number of unbranched alkanes of at least 4 members (excludes halogenated alkanes) is 52. The number of amides is 1. The quantitative estimate of drug-likeness (QED) is 0.0320. The molecule has 2 atom stereocenters. The first-order valence-corrected chi connectivity index (χ1v) is 35.8. The highest BCUT2D eigenvalue weighted by atomic mass is 16.5. The summed E-state index contributed by atoms with van der Waals surface area (Å²) in [5.41, 5.74) is 0. The van der Waals surface area contributed by atoms with E-state index in [-0.39, 0.29) is 18.5 Å². The van der Waals surface area contributed by atoms with Crippen LogP contribution in [0.25, 0.3) is 0 Å². The number of allylic oxidation sites excluding steroid dienone is 5. The van der Waals surface area contributed by atoms with Crippen LogP contribution >= 0.6 is 0 Å². The summed E-state index contributed by atoms with van der Waals surface area (Å²) < 4.78 is 5.50. The van der Waals surface area contributed by atoms with Crippen molar-refractivity contribution in [3.05, 3.63) is 36.5 Å². The molecule has 0 aromatic rings. The summed E-state index contributed by atoms with van der Waals surface area (Å²) in [6.45, 7) is 4.88. The summed E-state index contributed by atoms with van der Waals surface area (Å²) in [5.74, 6) is -0.0538. The molecule has 3 N–H and O–H groups in total. The Morgan fingerprint density at radius 3 is 0.975 bits per heavy atom. The third kappa shape index (κ3) is 65.1. The number of aliphatic hydroxyl groups excluding tert-OH is 2. The van der Waals surface area contributed by atoms with Crippen molar-refractivity contribution in [2.24, 2.45) is 0 Å². The van der Waals surface area contributed by atoms with Crippen LogP contribution in [-0.2, 0) is 14.3 Å². The largest absolute Gasteiger partial charge is 0.466 e. The molecule has 1 amide bonds. The first kappa shape index (κ1) is 77.1. The maximum absolute atomic E-state index is 12.4. The van der Waals surface area contributed by atoms with E-state index in [1.165, 1.54) is 315 Å². The molecule has 6 nitrogen and oxygen atoms in total. The fraction of sp³-hybridized carbons (Fsp3) is 0.890. The monoisotopic (exact) mass is 1110 g/mol. The number of hydrogen-bond acceptors (Lipinski definition) is 5. The molecule has 0 rings (SSSR count). The summed E-state index contributed by atoms with van der Waals surface area (Å²) in [6.07, 6.45) is 88.3. The molecule has 0 spiro atoms. The van der Waals surface area contributed by atoms with Crippen LogP contribution < -0.4 is 5.32 Å². The lowest BCUT2D eigenvalue weighted by molar-refractivity contribution is -0.143. The van der Waals surface area contributed by atoms with E-state index in [0.29, 0.717) is 19.4 Å². The first-order valence-electron chi connectivity index (χ1n) is 35.8. The van der Waals surface area contributed by atoms with Crippen molar-refractivity contribution >= 4 is 11.9 Å². The van der Waals surface area contributed by atoms with Crippen LogP contribution in [0.15, 0.2) is 36.5 Å². The Morgan fingerprint density at radius 2 is 0.633 bits per heavy atom. The van der Waals surface area contributed by atoms with Crippen LogP contribution in [0.2, 0.25) is 0 Å². The average molecular weight is 1110 g/mol. The molecule has 6 heteroatoms. The van der Waals surface area contributed by atoms with E-state index in [1.807, 2.05) is 6.08 Å². The van der Waals surface area contributed by atoms with Gasteiger partial charge >= 0.3 is 5.97 Å². The third-order valence-corrected chi connectivity index (χ3v) is 16.7. The second-order valence-corrected chi connectivity index (χ2v) is 24.6. The molecule has 79 heavy (non-hydrogen) atoms. The van der Waals surface area contributed by atoms with Crippen LogP contribution in [-0.4, -0.2) is 47.4 Å². The summed E-state index contributed by atoms with van der Waals surface area (Å²) in [7, 11) is 0. The second kappa shape index (κ2) is 68.6. The molecule has 0 aromatic carbocycles. The topological polar surface area (TPSA) is 95.9 Å². The lowest BCUT2D eigenvalue weighted by Crippen LogP contribution is -2.45. The van der Waals surface area contributed by atoms with Gasteiger partial charge in [0.2, 0.25) is 5.91 Å². The number of nitrogens with one attached hydrogen (secondary N) is 1. The predicted octanol–water partition coefficient (Wildman–Crippen LogP) is 23.1. The minimum atomic E-state index is -0.838. The molecule has 0 aliphatic heterocycles. The van der Waals surface area contributed by atoms with Crippen molar-refractivity contribution in [2.75, 3.05) is 13.2 Å². The van der Waals surface area contributed by atoms with Gasteiger partial charge in [0.1, 0.15) is 0 Å². The van der Waals surface area contributed by atoms with Crippen molar-refractivity contribution in [1.29, 1.82) is 0 Å². The number of hydrogen-bond donors (Lipinski definition) is 3. The second-order valence-electron chi connectivity index (χ2n) is 24.6. The summed E-state index contributed by atoms with van der Waals surface area (Å²) in [6, 6.07) is -0.621. The van der Waals surface area contributed by atoms with Gasteiger partial charge in [-0.25, -0.2) is 0 Å². The smallest absolute Gasteiger partial charge is 0.305 e. The molecular formula is C73H139NO5. The van der Waals surface area contributed by atoms with Gasteiger partial charge in [0.25, 0.3) is 0 Å². The van der Waals surface area contributed by atoms with Crippen LogP contribution in [0.4, 0.5) is 0 Å². The number of rotatable bonds is 67. The van der Waals surface area contributed by atoms with Crippen molar-refractivity contribution in [1.82, 2.24) is 5.32 Å². The molecule has 0 radical (unpaired) electrons. The number of aliphatic hydroxyl groups is 2. The molecule has 0 aliphatic rings. The molecule has 0 bridgehead atoms. The molecule has 0 aromatic heterocycles. The fourth-order valence-corrected chi connectivity index (χ4v) is 11.2. The van der Waals surface area contributed by atoms with Gasteiger partial charge in [-0.2, -0.15) is 0 Å². The molecule has 0 heterocycles. The van der Waals surface area contributed by atoms with Crippen LogP contribution in [0.5, 0.6) is 0 Å². The van der Waals surface area contributed by atoms with Crippen molar-refractivity contribution in [3.8, 4) is 0 Å². The molecular weight excluding hydrogens is 971 g/mol. The van der Waals surface area contributed by atoms with Gasteiger partial charge in [-0.15, -0.1) is 0 Å². The Kier molecular flexibility index (Phi) is 66.9. The molecule has 2 unspecified atom stereocenters. The van der Waals surface area contributed by atoms with E-state index in [2.05, 4.69) is 43.5 Å². The zero-order valence-corrected chi connectivity index (χ0v) is 53.4. The SMILES string of the molecule is CCCCCC/C=C\C/C=C\CCCCCCCC(=O)OCCCCCCCCCCCCCCCCCCCCCCCCCCCCCCCCCCCCCCCC(=O)NC(CO)C(O)/C=C/CCCCCCCCC. The van der Waals surface area contributed by atoms with Crippen LogP contribution in [0.3, 0.4) is 0 Å². The highest BCUT2D eigenvalue weighted by molar-refractivity contribution is 5.76. The summed E-state index contributed by atoms with van der Waals surface area (Å²) in [5, 5.41) is 23.0. The van der Waals surface area contributed by atoms with Gasteiger partial charge in [0.05, 0.1) is 25.4 Å². The third-order valence-electron chi connectivity index (χ3n) is 16.7. The summed E-state index contributed by atoms with van der Waals surface area (Å²) >= 11 is 0. The van der Waals surface area contributed by atoms with E-state index in [9.17, 15) is 19.8 Å². The van der Waals surface area contributed by atoms with Crippen LogP contribution in [0.1, 0.15) is 393 Å². The molecule has 0 fully saturated rings. The molecule has 0 saturated heterocycles. The first-order chi connectivity index (χ1) is 39.0. The van der Waals surface area contributed by atoms with E-state index >= 15 is 0 Å². The fourth-order valence-electron chi connectivity index (χ4n) is 11.2. The Morgan fingerprint density at radius 1 is 0.354 bits per heavy atom. The van der Waals surface area contributed by atoms with Gasteiger partial charge in [0.15, 0.2) is 0 Å². The highest BCUT2D eigenvalue weighted by Gasteiger charge is 2.18. The number of esters is 1. The van der Waals surface area contributed by atoms with Gasteiger partial charge in [0, 0.05) is 12.8 Å². The van der Waals surface area contributed by atoms with E-state index < -0.39 is 12.1 Å². The Hall–Kier alpha value is -1.92. The zero-order chi connectivity index (χ0) is 57.1. The van der Waals surface area contributed by atoms with Gasteiger partial charge < -0.3 is 20.3 Å². The lowest BCUT2D eigenvalue weighted by Gasteiger charge is -2.20. The van der Waals surface area contributed by atoms with Crippen molar-refractivity contribution in [3.63, 3.8) is 0 Å². The standard InChI is InChI=1S/C73H139NO5/c1-3-5-7-9-11-13-14-15-16-41-44-47-51-55-59-63-67-73(78)79-68-64-60-56-52-48-45-42-39-37-35-33-31-29-27-25-23-21-19-17-18-20-22-24-26-28-30-32-34-36-38-40-43-46-50-54-58-62-66-72(77)74-70(69-75)71(76)65-61-57-53-49-12-10-8-6-4-2/h13-14,16,41,61,65,70-71,75-76H,3-12,15,17-40,42-60,62-64,66-69H2,1-2H3,(H,74,77)/b14-13-,41-16-,65-61+. The van der Waals surface area contributed by atoms with Gasteiger partial charge in [-0.3, -0.25) is 9.59 Å². The van der Waals surface area contributed by atoms with Crippen molar-refractivity contribution < 1.29 is 24.5 Å². The Labute approximate surface area is 494 Å². The van der Waals surface area contributed by atoms with Gasteiger partial charge in [-0.05, 0) is 64.2 Å². The minimum absolute atomic E-state index is 0.00984. The van der Waals surface area contributed by atoms with E-state index in [1.54, 1.807) is 6.08 Å². The summed E-state index contributed by atoms with van der Waals surface area (Å²) in [4.78, 5) is 24.5. The average Bonchev–Trinajstić information content (AvgIpc) is 3.45. The van der Waals surface area contributed by atoms with Crippen molar-refractivity contribution in [2.45, 2.75) is 405 Å². The zero-order valence-electron chi connectivity index (χ0n) is 53.4. The number of carbonyl (C=O) groups is 2. The normalized spacial score (nSPS) is 12.7.